The molecule has 4 rings (SSSR count). The van der Waals surface area contributed by atoms with Crippen LogP contribution in [0.5, 0.6) is 0 Å². The van der Waals surface area contributed by atoms with Gasteiger partial charge in [0.15, 0.2) is 11.3 Å². The maximum atomic E-state index is 14.0. The van der Waals surface area contributed by atoms with Crippen LogP contribution in [0.25, 0.3) is 16.9 Å². The Morgan fingerprint density at radius 3 is 2.79 bits per heavy atom. The maximum absolute atomic E-state index is 14.0. The van der Waals surface area contributed by atoms with E-state index in [1.807, 2.05) is 25.1 Å². The predicted molar refractivity (Wildman–Crippen MR) is 103 cm³/mol. The first-order valence-electron chi connectivity index (χ1n) is 8.85. The number of imidazole rings is 1. The number of fused-ring (bicyclic) bond motifs is 1. The number of nitrogens with zero attached hydrogens (tertiary/aromatic N) is 4. The van der Waals surface area contributed by atoms with Crippen LogP contribution < -0.4 is 5.32 Å². The van der Waals surface area contributed by atoms with E-state index in [1.165, 1.54) is 6.07 Å². The summed E-state index contributed by atoms with van der Waals surface area (Å²) in [6.07, 6.45) is 4.97. The lowest BCUT2D eigenvalue weighted by molar-refractivity contribution is 0.0936. The Morgan fingerprint density at radius 2 is 2.04 bits per heavy atom. The number of aryl methyl sites for hydroxylation is 1. The van der Waals surface area contributed by atoms with Crippen LogP contribution in [-0.2, 0) is 0 Å². The van der Waals surface area contributed by atoms with Crippen molar-refractivity contribution in [1.82, 2.24) is 24.7 Å². The van der Waals surface area contributed by atoms with Crippen LogP contribution in [0.1, 0.15) is 34.7 Å². The third-order valence-electron chi connectivity index (χ3n) is 4.59. The summed E-state index contributed by atoms with van der Waals surface area (Å²) in [6, 6.07) is 11.5. The van der Waals surface area contributed by atoms with Gasteiger partial charge in [-0.25, -0.2) is 14.4 Å². The number of rotatable bonds is 4. The fraction of sp³-hybridized carbons (Fsp3) is 0.143. The van der Waals surface area contributed by atoms with Gasteiger partial charge in [-0.2, -0.15) is 0 Å². The molecule has 7 heteroatoms. The Hall–Kier alpha value is -3.61. The molecule has 140 valence electrons. The lowest BCUT2D eigenvalue weighted by Crippen LogP contribution is -2.27. The molecule has 0 fully saturated rings. The molecule has 28 heavy (non-hydrogen) atoms. The molecule has 0 radical (unpaired) electrons. The van der Waals surface area contributed by atoms with E-state index < -0.39 is 11.9 Å². The molecule has 3 heterocycles. The van der Waals surface area contributed by atoms with E-state index in [0.717, 1.165) is 11.3 Å². The van der Waals surface area contributed by atoms with Gasteiger partial charge >= 0.3 is 0 Å². The molecule has 0 aliphatic heterocycles. The fourth-order valence-corrected chi connectivity index (χ4v) is 3.11. The highest BCUT2D eigenvalue weighted by atomic mass is 19.1. The van der Waals surface area contributed by atoms with Gasteiger partial charge in [-0.3, -0.25) is 14.2 Å². The molecule has 3 aromatic heterocycles. The summed E-state index contributed by atoms with van der Waals surface area (Å²) in [5, 5.41) is 2.80. The number of hydrogen-bond acceptors (Lipinski definition) is 4. The molecule has 1 aromatic carbocycles. The first-order chi connectivity index (χ1) is 13.5. The number of carbonyl (C=O) groups is 1. The van der Waals surface area contributed by atoms with Gasteiger partial charge in [0.2, 0.25) is 0 Å². The zero-order chi connectivity index (χ0) is 19.7. The number of amides is 1. The Balaban J connectivity index is 1.69. The minimum absolute atomic E-state index is 0.192. The maximum Gasteiger partial charge on any atom is 0.274 e. The van der Waals surface area contributed by atoms with Crippen LogP contribution in [0.15, 0.2) is 61.2 Å². The average molecular weight is 375 g/mol. The Bertz CT molecular complexity index is 1160. The molecular formula is C21H18FN5O. The second-order valence-electron chi connectivity index (χ2n) is 6.53. The summed E-state index contributed by atoms with van der Waals surface area (Å²) in [7, 11) is 0. The van der Waals surface area contributed by atoms with Crippen molar-refractivity contribution in [3.63, 3.8) is 0 Å². The number of benzene rings is 1. The molecule has 1 atom stereocenters. The molecule has 1 amide bonds. The molecule has 0 saturated heterocycles. The summed E-state index contributed by atoms with van der Waals surface area (Å²) >= 11 is 0. The van der Waals surface area contributed by atoms with Crippen LogP contribution in [0.3, 0.4) is 0 Å². The lowest BCUT2D eigenvalue weighted by Gasteiger charge is -2.14. The van der Waals surface area contributed by atoms with Gasteiger partial charge in [0.05, 0.1) is 11.7 Å². The zero-order valence-corrected chi connectivity index (χ0v) is 15.4. The minimum Gasteiger partial charge on any atom is -0.344 e. The molecule has 0 spiro atoms. The SMILES string of the molecule is Cc1cc(-c2cccnc2)nc2c(C(=O)NC(C)c3ccccc3F)ncn12. The smallest absolute Gasteiger partial charge is 0.274 e. The summed E-state index contributed by atoms with van der Waals surface area (Å²) in [6.45, 7) is 3.65. The van der Waals surface area contributed by atoms with E-state index in [9.17, 15) is 9.18 Å². The molecule has 1 N–H and O–H groups in total. The van der Waals surface area contributed by atoms with Crippen molar-refractivity contribution in [2.24, 2.45) is 0 Å². The Labute approximate surface area is 161 Å². The van der Waals surface area contributed by atoms with Crippen LogP contribution >= 0.6 is 0 Å². The first kappa shape index (κ1) is 17.8. The standard InChI is InChI=1S/C21H18FN5O/c1-13-10-18(15-6-5-9-23-11-15)26-20-19(24-12-27(13)20)21(28)25-14(2)16-7-3-4-8-17(16)22/h3-12,14H,1-2H3,(H,25,28). The van der Waals surface area contributed by atoms with E-state index >= 15 is 0 Å². The molecule has 6 nitrogen and oxygen atoms in total. The fourth-order valence-electron chi connectivity index (χ4n) is 3.11. The van der Waals surface area contributed by atoms with E-state index in [4.69, 9.17) is 0 Å². The highest BCUT2D eigenvalue weighted by Crippen LogP contribution is 2.21. The van der Waals surface area contributed by atoms with Crippen molar-refractivity contribution >= 4 is 11.6 Å². The second kappa shape index (κ2) is 7.19. The van der Waals surface area contributed by atoms with Crippen molar-refractivity contribution < 1.29 is 9.18 Å². The van der Waals surface area contributed by atoms with E-state index in [1.54, 1.807) is 48.2 Å². The van der Waals surface area contributed by atoms with Crippen molar-refractivity contribution in [2.45, 2.75) is 19.9 Å². The summed E-state index contributed by atoms with van der Waals surface area (Å²) in [5.41, 5.74) is 3.49. The van der Waals surface area contributed by atoms with Crippen LogP contribution in [0.4, 0.5) is 4.39 Å². The first-order valence-corrected chi connectivity index (χ1v) is 8.85. The van der Waals surface area contributed by atoms with E-state index in [-0.39, 0.29) is 11.5 Å². The summed E-state index contributed by atoms with van der Waals surface area (Å²) < 4.78 is 15.7. The molecule has 0 bridgehead atoms. The quantitative estimate of drug-likeness (QED) is 0.590. The van der Waals surface area contributed by atoms with Gasteiger partial charge in [-0.15, -0.1) is 0 Å². The largest absolute Gasteiger partial charge is 0.344 e. The average Bonchev–Trinajstić information content (AvgIpc) is 3.13. The third kappa shape index (κ3) is 3.22. The number of aromatic nitrogens is 4. The number of halogens is 1. The van der Waals surface area contributed by atoms with Gasteiger partial charge in [-0.05, 0) is 38.1 Å². The summed E-state index contributed by atoms with van der Waals surface area (Å²) in [5.74, 6) is -0.772. The summed E-state index contributed by atoms with van der Waals surface area (Å²) in [4.78, 5) is 25.8. The van der Waals surface area contributed by atoms with E-state index in [0.29, 0.717) is 16.9 Å². The lowest BCUT2D eigenvalue weighted by atomic mass is 10.1. The molecule has 4 aromatic rings. The van der Waals surface area contributed by atoms with Gasteiger partial charge in [-0.1, -0.05) is 18.2 Å². The van der Waals surface area contributed by atoms with Gasteiger partial charge in [0, 0.05) is 29.2 Å². The normalized spacial score (nSPS) is 12.1. The molecule has 1 unspecified atom stereocenters. The topological polar surface area (TPSA) is 72.2 Å². The molecular weight excluding hydrogens is 357 g/mol. The van der Waals surface area contributed by atoms with Gasteiger partial charge < -0.3 is 5.32 Å². The van der Waals surface area contributed by atoms with Crippen LogP contribution in [0.2, 0.25) is 0 Å². The second-order valence-corrected chi connectivity index (χ2v) is 6.53. The highest BCUT2D eigenvalue weighted by molar-refractivity contribution is 5.98. The van der Waals surface area contributed by atoms with Crippen LogP contribution in [0, 0.1) is 12.7 Å². The number of pyridine rings is 1. The van der Waals surface area contributed by atoms with Crippen molar-refractivity contribution in [2.75, 3.05) is 0 Å². The van der Waals surface area contributed by atoms with Crippen molar-refractivity contribution in [3.05, 3.63) is 84.0 Å². The monoisotopic (exact) mass is 375 g/mol. The number of carbonyl (C=O) groups excluding carboxylic acids is 1. The van der Waals surface area contributed by atoms with Gasteiger partial charge in [0.1, 0.15) is 12.1 Å². The van der Waals surface area contributed by atoms with Crippen LogP contribution in [-0.4, -0.2) is 25.3 Å². The predicted octanol–water partition coefficient (Wildman–Crippen LogP) is 3.73. The zero-order valence-electron chi connectivity index (χ0n) is 15.4. The Morgan fingerprint density at radius 1 is 1.21 bits per heavy atom. The van der Waals surface area contributed by atoms with Crippen molar-refractivity contribution in [3.8, 4) is 11.3 Å². The van der Waals surface area contributed by atoms with Gasteiger partial charge in [0.25, 0.3) is 5.91 Å². The highest BCUT2D eigenvalue weighted by Gasteiger charge is 2.20. The minimum atomic E-state index is -0.506. The number of nitrogens with one attached hydrogen (secondary N) is 1. The third-order valence-corrected chi connectivity index (χ3v) is 4.59. The molecule has 0 saturated carbocycles. The molecule has 0 aliphatic carbocycles. The number of hydrogen-bond donors (Lipinski definition) is 1. The Kier molecular flexibility index (Phi) is 4.57. The van der Waals surface area contributed by atoms with Crippen molar-refractivity contribution in [1.29, 1.82) is 0 Å². The van der Waals surface area contributed by atoms with E-state index in [2.05, 4.69) is 20.3 Å². The molecule has 0 aliphatic rings.